The first-order chi connectivity index (χ1) is 14.0. The number of aryl methyl sites for hydroxylation is 1. The second-order valence-electron chi connectivity index (χ2n) is 7.82. The highest BCUT2D eigenvalue weighted by Gasteiger charge is 2.55. The van der Waals surface area contributed by atoms with Gasteiger partial charge in [-0.1, -0.05) is 0 Å². The van der Waals surface area contributed by atoms with Crippen molar-refractivity contribution in [2.75, 3.05) is 25.4 Å². The fourth-order valence-corrected chi connectivity index (χ4v) is 4.21. The van der Waals surface area contributed by atoms with Crippen molar-refractivity contribution in [1.29, 1.82) is 0 Å². The van der Waals surface area contributed by atoms with Gasteiger partial charge in [-0.25, -0.2) is 4.98 Å². The monoisotopic (exact) mass is 391 g/mol. The number of aromatic nitrogens is 2. The molecule has 1 aliphatic heterocycles. The molecule has 1 saturated heterocycles. The molecule has 0 spiro atoms. The van der Waals surface area contributed by atoms with Crippen LogP contribution in [-0.4, -0.2) is 46.3 Å². The molecule has 2 aromatic rings. The van der Waals surface area contributed by atoms with Gasteiger partial charge in [0.2, 0.25) is 5.91 Å². The number of carbonyl (C=O) groups is 2. The first kappa shape index (κ1) is 19.1. The molecule has 3 atom stereocenters. The van der Waals surface area contributed by atoms with E-state index < -0.39 is 0 Å². The largest absolute Gasteiger partial charge is 0.384 e. The third kappa shape index (κ3) is 4.29. The van der Waals surface area contributed by atoms with Gasteiger partial charge in [0.05, 0.1) is 5.56 Å². The first-order valence-electron chi connectivity index (χ1n) is 9.90. The number of nitrogens with two attached hydrogens (primary N) is 1. The smallest absolute Gasteiger partial charge is 0.255 e. The summed E-state index contributed by atoms with van der Waals surface area (Å²) in [5.74, 6) is 2.14. The molecular formula is C22H25N5O2. The van der Waals surface area contributed by atoms with E-state index >= 15 is 0 Å². The summed E-state index contributed by atoms with van der Waals surface area (Å²) in [4.78, 5) is 34.6. The van der Waals surface area contributed by atoms with Crippen LogP contribution in [-0.2, 0) is 4.79 Å². The first-order valence-corrected chi connectivity index (χ1v) is 9.90. The summed E-state index contributed by atoms with van der Waals surface area (Å²) >= 11 is 0. The lowest BCUT2D eigenvalue weighted by molar-refractivity contribution is -0.116. The van der Waals surface area contributed by atoms with E-state index in [1.165, 1.54) is 6.08 Å². The third-order valence-electron chi connectivity index (χ3n) is 5.94. The summed E-state index contributed by atoms with van der Waals surface area (Å²) in [5, 5.41) is 2.93. The summed E-state index contributed by atoms with van der Waals surface area (Å²) in [7, 11) is 0. The Morgan fingerprint density at radius 1 is 1.24 bits per heavy atom. The van der Waals surface area contributed by atoms with Gasteiger partial charge in [-0.05, 0) is 66.5 Å². The van der Waals surface area contributed by atoms with Crippen LogP contribution in [0.2, 0.25) is 0 Å². The Labute approximate surface area is 170 Å². The third-order valence-corrected chi connectivity index (χ3v) is 5.94. The minimum Gasteiger partial charge on any atom is -0.384 e. The molecule has 1 unspecified atom stereocenters. The maximum absolute atomic E-state index is 12.7. The Morgan fingerprint density at radius 3 is 2.72 bits per heavy atom. The molecule has 7 nitrogen and oxygen atoms in total. The van der Waals surface area contributed by atoms with Crippen LogP contribution in [0.1, 0.15) is 27.9 Å². The van der Waals surface area contributed by atoms with E-state index in [-0.39, 0.29) is 11.8 Å². The highest BCUT2D eigenvalue weighted by Crippen LogP contribution is 2.53. The topological polar surface area (TPSA) is 101 Å². The van der Waals surface area contributed by atoms with E-state index in [0.29, 0.717) is 35.7 Å². The lowest BCUT2D eigenvalue weighted by Gasteiger charge is -2.20. The van der Waals surface area contributed by atoms with Gasteiger partial charge in [0.25, 0.3) is 5.91 Å². The molecular weight excluding hydrogens is 366 g/mol. The van der Waals surface area contributed by atoms with E-state index in [9.17, 15) is 9.59 Å². The number of fused-ring (bicyclic) bond motifs is 1. The van der Waals surface area contributed by atoms with Crippen LogP contribution < -0.4 is 11.1 Å². The number of hydrogen-bond acceptors (Lipinski definition) is 5. The number of nitrogens with zero attached hydrogens (tertiary/aromatic N) is 3. The van der Waals surface area contributed by atoms with E-state index in [2.05, 4.69) is 15.3 Å². The summed E-state index contributed by atoms with van der Waals surface area (Å²) in [6, 6.07) is 5.39. The molecule has 1 aliphatic carbocycles. The fourth-order valence-electron chi connectivity index (χ4n) is 4.21. The van der Waals surface area contributed by atoms with Gasteiger partial charge in [-0.2, -0.15) is 0 Å². The van der Waals surface area contributed by atoms with Gasteiger partial charge in [-0.3, -0.25) is 14.6 Å². The summed E-state index contributed by atoms with van der Waals surface area (Å²) in [6.45, 7) is 4.20. The zero-order chi connectivity index (χ0) is 20.4. The zero-order valence-corrected chi connectivity index (χ0v) is 16.4. The lowest BCUT2D eigenvalue weighted by Crippen LogP contribution is -2.32. The molecule has 2 fully saturated rings. The number of likely N-dealkylation sites (tertiary alicyclic amines) is 1. The highest BCUT2D eigenvalue weighted by molar-refractivity contribution is 5.95. The van der Waals surface area contributed by atoms with Crippen molar-refractivity contribution in [2.24, 2.45) is 17.8 Å². The molecule has 7 heteroatoms. The minimum absolute atomic E-state index is 0.0807. The standard InChI is InChI=1S/C22H25N5O2/c1-14-6-8-24-11-17(14)22(29)27-12-18-16(19(18)13-27)7-9-25-21(28)5-3-15-2-4-20(23)26-10-15/h2-6,8,10-11,16,18-19H,7,9,12-13H2,1H3,(H2,23,26)(H,25,28)/b5-3+/t16?,18-,19+. The number of nitrogen functional groups attached to an aromatic ring is 1. The van der Waals surface area contributed by atoms with Crippen LogP contribution in [0.25, 0.3) is 6.08 Å². The lowest BCUT2D eigenvalue weighted by atomic mass is 10.1. The van der Waals surface area contributed by atoms with Crippen molar-refractivity contribution in [2.45, 2.75) is 13.3 Å². The molecule has 2 aromatic heterocycles. The van der Waals surface area contributed by atoms with E-state index in [1.807, 2.05) is 24.0 Å². The molecule has 0 bridgehead atoms. The molecule has 2 aliphatic rings. The van der Waals surface area contributed by atoms with Crippen LogP contribution in [0.4, 0.5) is 5.82 Å². The molecule has 2 amide bonds. The van der Waals surface area contributed by atoms with Crippen molar-refractivity contribution in [3.8, 4) is 0 Å². The number of anilines is 1. The van der Waals surface area contributed by atoms with Gasteiger partial charge in [0.15, 0.2) is 0 Å². The van der Waals surface area contributed by atoms with Gasteiger partial charge in [0.1, 0.15) is 5.82 Å². The minimum atomic E-state index is -0.114. The van der Waals surface area contributed by atoms with Gasteiger partial charge in [0, 0.05) is 44.3 Å². The highest BCUT2D eigenvalue weighted by atomic mass is 16.2. The molecule has 3 heterocycles. The summed E-state index contributed by atoms with van der Waals surface area (Å²) in [6.07, 6.45) is 9.17. The van der Waals surface area contributed by atoms with E-state index in [1.54, 1.807) is 30.7 Å². The maximum atomic E-state index is 12.7. The number of piperidine rings is 1. The van der Waals surface area contributed by atoms with Crippen LogP contribution in [0.5, 0.6) is 0 Å². The Kier molecular flexibility index (Phi) is 5.29. The number of hydrogen-bond donors (Lipinski definition) is 2. The van der Waals surface area contributed by atoms with Crippen LogP contribution >= 0.6 is 0 Å². The predicted octanol–water partition coefficient (Wildman–Crippen LogP) is 1.90. The second kappa shape index (κ2) is 8.03. The van der Waals surface area contributed by atoms with Gasteiger partial charge in [-0.15, -0.1) is 0 Å². The van der Waals surface area contributed by atoms with Crippen molar-refractivity contribution in [3.63, 3.8) is 0 Å². The number of nitrogens with one attached hydrogen (secondary N) is 1. The quantitative estimate of drug-likeness (QED) is 0.733. The molecule has 0 aromatic carbocycles. The molecule has 1 saturated carbocycles. The fraction of sp³-hybridized carbons (Fsp3) is 0.364. The van der Waals surface area contributed by atoms with E-state index in [4.69, 9.17) is 5.73 Å². The van der Waals surface area contributed by atoms with Crippen molar-refractivity contribution < 1.29 is 9.59 Å². The van der Waals surface area contributed by atoms with Crippen LogP contribution in [0.3, 0.4) is 0 Å². The Morgan fingerprint density at radius 2 is 2.03 bits per heavy atom. The predicted molar refractivity (Wildman–Crippen MR) is 111 cm³/mol. The second-order valence-corrected chi connectivity index (χ2v) is 7.82. The average molecular weight is 391 g/mol. The Balaban J connectivity index is 1.18. The summed E-state index contributed by atoms with van der Waals surface area (Å²) < 4.78 is 0. The SMILES string of the molecule is Cc1ccncc1C(=O)N1C[C@@H]2C(CCNC(=O)/C=C/c3ccc(N)nc3)[C@@H]2C1. The molecule has 150 valence electrons. The Hall–Kier alpha value is -3.22. The molecule has 3 N–H and O–H groups in total. The van der Waals surface area contributed by atoms with Crippen LogP contribution in [0.15, 0.2) is 42.9 Å². The average Bonchev–Trinajstić information content (AvgIpc) is 3.16. The van der Waals surface area contributed by atoms with Crippen molar-refractivity contribution in [1.82, 2.24) is 20.2 Å². The molecule has 29 heavy (non-hydrogen) atoms. The van der Waals surface area contributed by atoms with Crippen molar-refractivity contribution >= 4 is 23.7 Å². The normalized spacial score (nSPS) is 22.5. The van der Waals surface area contributed by atoms with Gasteiger partial charge >= 0.3 is 0 Å². The van der Waals surface area contributed by atoms with Crippen LogP contribution in [0, 0.1) is 24.7 Å². The van der Waals surface area contributed by atoms with Gasteiger partial charge < -0.3 is 16.0 Å². The van der Waals surface area contributed by atoms with Crippen molar-refractivity contribution in [3.05, 3.63) is 59.6 Å². The molecule has 4 rings (SSSR count). The number of pyridine rings is 2. The zero-order valence-electron chi connectivity index (χ0n) is 16.4. The van der Waals surface area contributed by atoms with E-state index in [0.717, 1.165) is 30.6 Å². The summed E-state index contributed by atoms with van der Waals surface area (Å²) in [5.41, 5.74) is 8.04. The number of amides is 2. The number of rotatable bonds is 6. The Bertz CT molecular complexity index is 928. The maximum Gasteiger partial charge on any atom is 0.255 e. The number of carbonyl (C=O) groups excluding carboxylic acids is 2. The molecule has 0 radical (unpaired) electrons.